The number of ether oxygens (including phenoxy) is 1. The van der Waals surface area contributed by atoms with Crippen LogP contribution < -0.4 is 0 Å². The van der Waals surface area contributed by atoms with Gasteiger partial charge < -0.3 is 9.84 Å². The third-order valence-corrected chi connectivity index (χ3v) is 3.22. The van der Waals surface area contributed by atoms with E-state index in [-0.39, 0.29) is 5.78 Å². The Morgan fingerprint density at radius 2 is 2.07 bits per heavy atom. The summed E-state index contributed by atoms with van der Waals surface area (Å²) in [5.41, 5.74) is 0. The summed E-state index contributed by atoms with van der Waals surface area (Å²) in [5.74, 6) is 0.472. The molecule has 1 saturated carbocycles. The van der Waals surface area contributed by atoms with Crippen LogP contribution in [0.3, 0.4) is 0 Å². The SMILES string of the molecule is COCCC(=O)C[C@H](O)C1CCCCC1. The summed E-state index contributed by atoms with van der Waals surface area (Å²) in [6.45, 7) is 0.468. The monoisotopic (exact) mass is 214 g/mol. The van der Waals surface area contributed by atoms with E-state index in [0.717, 1.165) is 12.8 Å². The zero-order chi connectivity index (χ0) is 11.1. The number of aliphatic hydroxyl groups is 1. The molecular weight excluding hydrogens is 192 g/mol. The van der Waals surface area contributed by atoms with Crippen LogP contribution in [0.5, 0.6) is 0 Å². The minimum absolute atomic E-state index is 0.120. The Morgan fingerprint density at radius 3 is 2.67 bits per heavy atom. The van der Waals surface area contributed by atoms with Gasteiger partial charge in [0.1, 0.15) is 5.78 Å². The summed E-state index contributed by atoms with van der Waals surface area (Å²) in [7, 11) is 1.59. The fraction of sp³-hybridized carbons (Fsp3) is 0.917. The van der Waals surface area contributed by atoms with Gasteiger partial charge in [-0.05, 0) is 18.8 Å². The second-order valence-corrected chi connectivity index (χ2v) is 4.45. The lowest BCUT2D eigenvalue weighted by atomic mass is 9.83. The van der Waals surface area contributed by atoms with Crippen LogP contribution in [0.15, 0.2) is 0 Å². The average Bonchev–Trinajstić information content (AvgIpc) is 2.27. The van der Waals surface area contributed by atoms with Gasteiger partial charge in [0.25, 0.3) is 0 Å². The van der Waals surface area contributed by atoms with Gasteiger partial charge in [-0.2, -0.15) is 0 Å². The van der Waals surface area contributed by atoms with Crippen molar-refractivity contribution in [2.75, 3.05) is 13.7 Å². The lowest BCUT2D eigenvalue weighted by Crippen LogP contribution is -2.25. The van der Waals surface area contributed by atoms with E-state index in [9.17, 15) is 9.90 Å². The maximum atomic E-state index is 11.4. The lowest BCUT2D eigenvalue weighted by molar-refractivity contribution is -0.122. The van der Waals surface area contributed by atoms with E-state index in [0.29, 0.717) is 25.4 Å². The highest BCUT2D eigenvalue weighted by atomic mass is 16.5. The van der Waals surface area contributed by atoms with Crippen molar-refractivity contribution in [1.82, 2.24) is 0 Å². The Morgan fingerprint density at radius 1 is 1.40 bits per heavy atom. The number of aliphatic hydroxyl groups excluding tert-OH is 1. The number of carbonyl (C=O) groups is 1. The summed E-state index contributed by atoms with van der Waals surface area (Å²) in [5, 5.41) is 9.88. The highest BCUT2D eigenvalue weighted by Crippen LogP contribution is 2.27. The normalized spacial score (nSPS) is 20.1. The molecule has 1 fully saturated rings. The minimum atomic E-state index is -0.422. The molecule has 1 aliphatic carbocycles. The maximum absolute atomic E-state index is 11.4. The molecule has 0 aromatic heterocycles. The number of carbonyl (C=O) groups excluding carboxylic acids is 1. The molecule has 0 saturated heterocycles. The van der Waals surface area contributed by atoms with Crippen LogP contribution in [0.4, 0.5) is 0 Å². The van der Waals surface area contributed by atoms with Crippen molar-refractivity contribution >= 4 is 5.78 Å². The maximum Gasteiger partial charge on any atom is 0.137 e. The van der Waals surface area contributed by atoms with E-state index in [2.05, 4.69) is 0 Å². The summed E-state index contributed by atoms with van der Waals surface area (Å²) in [6.07, 6.45) is 6.17. The third kappa shape index (κ3) is 4.76. The molecule has 0 heterocycles. The van der Waals surface area contributed by atoms with Crippen molar-refractivity contribution in [3.05, 3.63) is 0 Å². The van der Waals surface area contributed by atoms with Crippen molar-refractivity contribution in [3.8, 4) is 0 Å². The lowest BCUT2D eigenvalue weighted by Gasteiger charge is -2.26. The summed E-state index contributed by atoms with van der Waals surface area (Å²) < 4.78 is 4.84. The fourth-order valence-corrected chi connectivity index (χ4v) is 2.24. The van der Waals surface area contributed by atoms with Gasteiger partial charge in [-0.15, -0.1) is 0 Å². The summed E-state index contributed by atoms with van der Waals surface area (Å²) in [4.78, 5) is 11.4. The van der Waals surface area contributed by atoms with Crippen molar-refractivity contribution in [3.63, 3.8) is 0 Å². The number of hydrogen-bond donors (Lipinski definition) is 1. The molecule has 0 spiro atoms. The van der Waals surface area contributed by atoms with Gasteiger partial charge in [-0.3, -0.25) is 4.79 Å². The molecule has 0 amide bonds. The first-order chi connectivity index (χ1) is 7.24. The van der Waals surface area contributed by atoms with Crippen molar-refractivity contribution in [1.29, 1.82) is 0 Å². The van der Waals surface area contributed by atoms with Crippen molar-refractivity contribution in [2.24, 2.45) is 5.92 Å². The molecule has 88 valence electrons. The first kappa shape index (κ1) is 12.7. The molecule has 0 aliphatic heterocycles. The molecule has 0 radical (unpaired) electrons. The fourth-order valence-electron chi connectivity index (χ4n) is 2.24. The molecule has 0 aromatic rings. The van der Waals surface area contributed by atoms with Crippen LogP contribution in [0.25, 0.3) is 0 Å². The molecule has 1 rings (SSSR count). The first-order valence-corrected chi connectivity index (χ1v) is 5.92. The smallest absolute Gasteiger partial charge is 0.137 e. The Kier molecular flexibility index (Phi) is 5.88. The van der Waals surface area contributed by atoms with Crippen molar-refractivity contribution < 1.29 is 14.6 Å². The molecule has 0 bridgehead atoms. The second kappa shape index (κ2) is 6.96. The highest BCUT2D eigenvalue weighted by molar-refractivity contribution is 5.78. The zero-order valence-electron chi connectivity index (χ0n) is 9.58. The van der Waals surface area contributed by atoms with Crippen LogP contribution in [-0.4, -0.2) is 30.7 Å². The third-order valence-electron chi connectivity index (χ3n) is 3.22. The number of rotatable bonds is 6. The molecule has 0 aromatic carbocycles. The summed E-state index contributed by atoms with van der Waals surface area (Å²) in [6, 6.07) is 0. The minimum Gasteiger partial charge on any atom is -0.392 e. The quantitative estimate of drug-likeness (QED) is 0.734. The van der Waals surface area contributed by atoms with Crippen molar-refractivity contribution in [2.45, 2.75) is 51.0 Å². The zero-order valence-corrected chi connectivity index (χ0v) is 9.58. The topological polar surface area (TPSA) is 46.5 Å². The van der Waals surface area contributed by atoms with E-state index in [1.807, 2.05) is 0 Å². The molecular formula is C12H22O3. The molecule has 1 N–H and O–H groups in total. The van der Waals surface area contributed by atoms with Crippen LogP contribution in [0, 0.1) is 5.92 Å². The van der Waals surface area contributed by atoms with Crippen LogP contribution in [0.2, 0.25) is 0 Å². The van der Waals surface area contributed by atoms with E-state index < -0.39 is 6.10 Å². The Labute approximate surface area is 91.8 Å². The Hall–Kier alpha value is -0.410. The molecule has 0 unspecified atom stereocenters. The molecule has 3 nitrogen and oxygen atoms in total. The molecule has 3 heteroatoms. The van der Waals surface area contributed by atoms with E-state index in [1.54, 1.807) is 7.11 Å². The Bertz CT molecular complexity index is 185. The van der Waals surface area contributed by atoms with E-state index in [1.165, 1.54) is 19.3 Å². The Balaban J connectivity index is 2.21. The average molecular weight is 214 g/mol. The number of methoxy groups -OCH3 is 1. The van der Waals surface area contributed by atoms with E-state index in [4.69, 9.17) is 4.74 Å². The van der Waals surface area contributed by atoms with Crippen LogP contribution in [0.1, 0.15) is 44.9 Å². The van der Waals surface area contributed by atoms with Gasteiger partial charge in [0.15, 0.2) is 0 Å². The van der Waals surface area contributed by atoms with Gasteiger partial charge in [-0.1, -0.05) is 19.3 Å². The van der Waals surface area contributed by atoms with Gasteiger partial charge in [0.2, 0.25) is 0 Å². The van der Waals surface area contributed by atoms with Crippen LogP contribution >= 0.6 is 0 Å². The standard InChI is InChI=1S/C12H22O3/c1-15-8-7-11(13)9-12(14)10-5-3-2-4-6-10/h10,12,14H,2-9H2,1H3/t12-/m0/s1. The predicted molar refractivity (Wildman–Crippen MR) is 58.7 cm³/mol. The van der Waals surface area contributed by atoms with Crippen LogP contribution in [-0.2, 0) is 9.53 Å². The summed E-state index contributed by atoms with van der Waals surface area (Å²) >= 11 is 0. The van der Waals surface area contributed by atoms with Gasteiger partial charge >= 0.3 is 0 Å². The van der Waals surface area contributed by atoms with Gasteiger partial charge in [0.05, 0.1) is 12.7 Å². The predicted octanol–water partition coefficient (Wildman–Crippen LogP) is 1.92. The molecule has 1 aliphatic rings. The molecule has 15 heavy (non-hydrogen) atoms. The van der Waals surface area contributed by atoms with E-state index >= 15 is 0 Å². The largest absolute Gasteiger partial charge is 0.392 e. The first-order valence-electron chi connectivity index (χ1n) is 5.92. The number of hydrogen-bond acceptors (Lipinski definition) is 3. The number of ketones is 1. The number of Topliss-reactive ketones (excluding diaryl/α,β-unsaturated/α-hetero) is 1. The van der Waals surface area contributed by atoms with Gasteiger partial charge in [0, 0.05) is 20.0 Å². The highest BCUT2D eigenvalue weighted by Gasteiger charge is 2.23. The van der Waals surface area contributed by atoms with Gasteiger partial charge in [-0.25, -0.2) is 0 Å². The second-order valence-electron chi connectivity index (χ2n) is 4.45. The molecule has 1 atom stereocenters.